The van der Waals surface area contributed by atoms with Crippen LogP contribution < -0.4 is 0 Å². The van der Waals surface area contributed by atoms with E-state index in [0.717, 1.165) is 5.56 Å². The zero-order valence-electron chi connectivity index (χ0n) is 7.96. The van der Waals surface area contributed by atoms with Gasteiger partial charge in [-0.05, 0) is 11.1 Å². The van der Waals surface area contributed by atoms with Crippen molar-refractivity contribution in [2.24, 2.45) is 5.92 Å². The highest BCUT2D eigenvalue weighted by molar-refractivity contribution is 7.93. The molecule has 4 heteroatoms. The molecular weight excluding hydrogens is 212 g/mol. The van der Waals surface area contributed by atoms with Gasteiger partial charge >= 0.3 is 0 Å². The van der Waals surface area contributed by atoms with Gasteiger partial charge in [-0.15, -0.1) is 0 Å². The maximum absolute atomic E-state index is 11.6. The summed E-state index contributed by atoms with van der Waals surface area (Å²) in [5.74, 6) is 0.530. The van der Waals surface area contributed by atoms with Crippen LogP contribution in [0.1, 0.15) is 23.3 Å². The average Bonchev–Trinajstić information content (AvgIpc) is 2.70. The molecule has 15 heavy (non-hydrogen) atoms. The van der Waals surface area contributed by atoms with Gasteiger partial charge in [0.25, 0.3) is 0 Å². The van der Waals surface area contributed by atoms with Crippen molar-refractivity contribution in [2.45, 2.75) is 17.5 Å². The smallest absolute Gasteiger partial charge is 0.156 e. The van der Waals surface area contributed by atoms with Crippen LogP contribution in [0.3, 0.4) is 0 Å². The largest absolute Gasteiger partial charge is 0.364 e. The topological polar surface area (TPSA) is 43.4 Å². The van der Waals surface area contributed by atoms with Gasteiger partial charge in [0, 0.05) is 5.92 Å². The Labute approximate surface area is 88.0 Å². The molecule has 78 valence electrons. The van der Waals surface area contributed by atoms with Crippen molar-refractivity contribution in [3.05, 3.63) is 35.4 Å². The van der Waals surface area contributed by atoms with Crippen LogP contribution in [0.4, 0.5) is 0 Å². The maximum atomic E-state index is 11.6. The zero-order valence-corrected chi connectivity index (χ0v) is 8.78. The lowest BCUT2D eigenvalue weighted by molar-refractivity contribution is 0.0646. The minimum atomic E-state index is -2.86. The van der Waals surface area contributed by atoms with Crippen molar-refractivity contribution in [1.82, 2.24) is 0 Å². The van der Waals surface area contributed by atoms with Crippen LogP contribution in [0.2, 0.25) is 0 Å². The van der Waals surface area contributed by atoms with Gasteiger partial charge in [0.1, 0.15) is 6.10 Å². The predicted octanol–water partition coefficient (Wildman–Crippen LogP) is 1.23. The molecule has 2 saturated heterocycles. The highest BCUT2D eigenvalue weighted by atomic mass is 32.2. The second kappa shape index (κ2) is 2.28. The number of fused-ring (bicyclic) bond motifs is 8. The fourth-order valence-corrected chi connectivity index (χ4v) is 5.35. The summed E-state index contributed by atoms with van der Waals surface area (Å²) in [7, 11) is -2.86. The van der Waals surface area contributed by atoms with Crippen LogP contribution >= 0.6 is 0 Å². The fourth-order valence-electron chi connectivity index (χ4n) is 3.21. The molecule has 4 rings (SSSR count). The van der Waals surface area contributed by atoms with E-state index in [9.17, 15) is 8.42 Å². The Morgan fingerprint density at radius 1 is 1.13 bits per heavy atom. The van der Waals surface area contributed by atoms with Gasteiger partial charge < -0.3 is 4.74 Å². The molecule has 3 aliphatic heterocycles. The van der Waals surface area contributed by atoms with Crippen molar-refractivity contribution < 1.29 is 13.2 Å². The van der Waals surface area contributed by atoms with Gasteiger partial charge in [-0.2, -0.15) is 0 Å². The summed E-state index contributed by atoms with van der Waals surface area (Å²) >= 11 is 0. The molecular formula is C11H10O3S. The second-order valence-corrected chi connectivity index (χ2v) is 6.77. The predicted molar refractivity (Wildman–Crippen MR) is 54.1 cm³/mol. The minimum absolute atomic E-state index is 0.0414. The van der Waals surface area contributed by atoms with Crippen molar-refractivity contribution in [3.63, 3.8) is 0 Å². The number of benzene rings is 1. The summed E-state index contributed by atoms with van der Waals surface area (Å²) in [6, 6.07) is 7.99. The first-order valence-electron chi connectivity index (χ1n) is 5.14. The quantitative estimate of drug-likeness (QED) is 0.663. The van der Waals surface area contributed by atoms with E-state index < -0.39 is 9.84 Å². The molecule has 0 unspecified atom stereocenters. The SMILES string of the molecule is O=S1(=O)C[C@H]2[C@@H]1[C@H]1O[C@H]2c2ccccc21. The van der Waals surface area contributed by atoms with Crippen LogP contribution in [-0.2, 0) is 14.6 Å². The zero-order chi connectivity index (χ0) is 10.2. The minimum Gasteiger partial charge on any atom is -0.364 e. The monoisotopic (exact) mass is 222 g/mol. The summed E-state index contributed by atoms with van der Waals surface area (Å²) in [4.78, 5) is 0. The Morgan fingerprint density at radius 2 is 1.80 bits per heavy atom. The van der Waals surface area contributed by atoms with E-state index in [-0.39, 0.29) is 23.4 Å². The molecule has 0 spiro atoms. The lowest BCUT2D eigenvalue weighted by Crippen LogP contribution is -2.49. The second-order valence-electron chi connectivity index (χ2n) is 4.56. The lowest BCUT2D eigenvalue weighted by Gasteiger charge is -2.37. The standard InChI is InChI=1S/C11H10O3S/c12-15(13)5-8-9-6-3-1-2-4-7(6)10(14-9)11(8)15/h1-4,8-11H,5H2/t8-,9+,10+,11-/m1/s1. The highest BCUT2D eigenvalue weighted by Crippen LogP contribution is 2.60. The first-order valence-corrected chi connectivity index (χ1v) is 6.86. The molecule has 3 heterocycles. The third-order valence-corrected chi connectivity index (χ3v) is 6.13. The Kier molecular flexibility index (Phi) is 1.26. The molecule has 1 aromatic carbocycles. The Morgan fingerprint density at radius 3 is 2.47 bits per heavy atom. The first kappa shape index (κ1) is 8.30. The summed E-state index contributed by atoms with van der Waals surface area (Å²) in [6.45, 7) is 0. The van der Waals surface area contributed by atoms with E-state index in [2.05, 4.69) is 6.07 Å². The number of hydrogen-bond donors (Lipinski definition) is 0. The van der Waals surface area contributed by atoms with Crippen molar-refractivity contribution in [3.8, 4) is 0 Å². The van der Waals surface area contributed by atoms with Crippen molar-refractivity contribution in [1.29, 1.82) is 0 Å². The Bertz CT molecular complexity index is 549. The fraction of sp³-hybridized carbons (Fsp3) is 0.455. The highest BCUT2D eigenvalue weighted by Gasteiger charge is 2.64. The summed E-state index contributed by atoms with van der Waals surface area (Å²) in [6.07, 6.45) is -0.144. The van der Waals surface area contributed by atoms with Crippen molar-refractivity contribution in [2.75, 3.05) is 5.75 Å². The van der Waals surface area contributed by atoms with E-state index >= 15 is 0 Å². The Balaban J connectivity index is 1.93. The molecule has 4 atom stereocenters. The molecule has 0 aromatic heterocycles. The first-order chi connectivity index (χ1) is 7.18. The van der Waals surface area contributed by atoms with Crippen LogP contribution in [0.5, 0.6) is 0 Å². The van der Waals surface area contributed by atoms with Gasteiger partial charge in [-0.25, -0.2) is 8.42 Å². The lowest BCUT2D eigenvalue weighted by atomic mass is 9.84. The Hall–Kier alpha value is -0.870. The molecule has 2 bridgehead atoms. The van der Waals surface area contributed by atoms with Crippen LogP contribution in [0.15, 0.2) is 24.3 Å². The average molecular weight is 222 g/mol. The van der Waals surface area contributed by atoms with Gasteiger partial charge in [-0.3, -0.25) is 0 Å². The van der Waals surface area contributed by atoms with E-state index in [1.54, 1.807) is 0 Å². The van der Waals surface area contributed by atoms with Gasteiger partial charge in [0.15, 0.2) is 9.84 Å². The summed E-state index contributed by atoms with van der Waals surface area (Å²) in [5, 5.41) is -0.252. The molecule has 0 radical (unpaired) electrons. The van der Waals surface area contributed by atoms with Crippen LogP contribution in [0, 0.1) is 5.92 Å². The van der Waals surface area contributed by atoms with E-state index in [4.69, 9.17) is 4.74 Å². The maximum Gasteiger partial charge on any atom is 0.156 e. The third kappa shape index (κ3) is 0.799. The normalized spacial score (nSPS) is 43.2. The number of hydrogen-bond acceptors (Lipinski definition) is 3. The molecule has 0 N–H and O–H groups in total. The van der Waals surface area contributed by atoms with E-state index in [0.29, 0.717) is 5.75 Å². The van der Waals surface area contributed by atoms with Gasteiger partial charge in [-0.1, -0.05) is 24.3 Å². The number of sulfone groups is 1. The van der Waals surface area contributed by atoms with E-state index in [1.807, 2.05) is 18.2 Å². The molecule has 3 aliphatic rings. The van der Waals surface area contributed by atoms with E-state index in [1.165, 1.54) is 5.56 Å². The molecule has 0 saturated carbocycles. The molecule has 2 fully saturated rings. The molecule has 0 amide bonds. The summed E-state index contributed by atoms with van der Waals surface area (Å²) in [5.41, 5.74) is 2.30. The summed E-state index contributed by atoms with van der Waals surface area (Å²) < 4.78 is 29.0. The third-order valence-electron chi connectivity index (χ3n) is 3.85. The van der Waals surface area contributed by atoms with Gasteiger partial charge in [0.2, 0.25) is 0 Å². The van der Waals surface area contributed by atoms with Crippen molar-refractivity contribution >= 4 is 9.84 Å². The molecule has 1 aromatic rings. The van der Waals surface area contributed by atoms with Crippen LogP contribution in [-0.4, -0.2) is 19.4 Å². The van der Waals surface area contributed by atoms with Crippen LogP contribution in [0.25, 0.3) is 0 Å². The number of ether oxygens (including phenoxy) is 1. The van der Waals surface area contributed by atoms with Gasteiger partial charge in [0.05, 0.1) is 17.1 Å². The molecule has 3 nitrogen and oxygen atoms in total. The number of rotatable bonds is 0. The molecule has 0 aliphatic carbocycles.